The Morgan fingerprint density at radius 3 is 1.22 bits per heavy atom. The van der Waals surface area contributed by atoms with Gasteiger partial charge in [0, 0.05) is 22.3 Å². The maximum Gasteiger partial charge on any atom is 0.338 e. The molecule has 8 rings (SSSR count). The summed E-state index contributed by atoms with van der Waals surface area (Å²) in [4.78, 5) is 33.4. The second-order valence-electron chi connectivity index (χ2n) is 13.9. The highest BCUT2D eigenvalue weighted by atomic mass is 32.2. The summed E-state index contributed by atoms with van der Waals surface area (Å²) >= 11 is 0. The average molecular weight is 847 g/mol. The van der Waals surface area contributed by atoms with E-state index in [4.69, 9.17) is 32.1 Å². The maximum absolute atomic E-state index is 13.4. The summed E-state index contributed by atoms with van der Waals surface area (Å²) in [5.74, 6) is -0.484. The molecule has 0 N–H and O–H groups in total. The molecule has 2 aliphatic carbocycles. The highest BCUT2D eigenvalue weighted by Gasteiger charge is 2.32. The first-order chi connectivity index (χ1) is 30.7. The third-order valence-corrected chi connectivity index (χ3v) is 12.2. The molecule has 0 saturated heterocycles. The van der Waals surface area contributed by atoms with Crippen molar-refractivity contribution in [3.63, 3.8) is 0 Å². The van der Waals surface area contributed by atoms with Gasteiger partial charge < -0.3 is 18.9 Å². The Morgan fingerprint density at radius 2 is 0.857 bits per heavy atom. The average Bonchev–Trinajstić information content (AvgIpc) is 3.84. The molecular weight excluding hydrogens is 817 g/mol. The fraction of sp³-hybridized carbons (Fsp3) is 0.0800. The number of hydrogen-bond acceptors (Lipinski definition) is 10. The van der Waals surface area contributed by atoms with Gasteiger partial charge in [-0.3, -0.25) is 0 Å². The maximum atomic E-state index is 13.4. The van der Waals surface area contributed by atoms with E-state index in [1.165, 1.54) is 48.5 Å². The zero-order valence-corrected chi connectivity index (χ0v) is 33.8. The molecule has 0 fully saturated rings. The van der Waals surface area contributed by atoms with E-state index in [1.807, 2.05) is 48.5 Å². The molecule has 13 heteroatoms. The molecule has 0 heterocycles. The van der Waals surface area contributed by atoms with Crippen LogP contribution in [0.4, 0.5) is 0 Å². The summed E-state index contributed by atoms with van der Waals surface area (Å²) in [6.07, 6.45) is 0. The second kappa shape index (κ2) is 17.5. The minimum atomic E-state index is -3.91. The van der Waals surface area contributed by atoms with E-state index in [1.54, 1.807) is 48.5 Å². The molecule has 0 spiro atoms. The van der Waals surface area contributed by atoms with Crippen LogP contribution < -0.4 is 9.47 Å². The number of rotatable bonds is 12. The Bertz CT molecular complexity index is 2970. The van der Waals surface area contributed by atoms with E-state index in [2.05, 4.69) is 9.69 Å². The molecule has 0 bridgehead atoms. The number of benzene rings is 6. The van der Waals surface area contributed by atoms with Crippen molar-refractivity contribution in [2.45, 2.75) is 9.79 Å². The Morgan fingerprint density at radius 1 is 0.492 bits per heavy atom. The largest absolute Gasteiger partial charge is 0.490 e. The molecule has 0 radical (unpaired) electrons. The minimum absolute atomic E-state index is 0.0128. The van der Waals surface area contributed by atoms with Crippen LogP contribution in [-0.4, -0.2) is 46.8 Å². The zero-order chi connectivity index (χ0) is 44.1. The normalized spacial score (nSPS) is 13.3. The van der Waals surface area contributed by atoms with E-state index >= 15 is 0 Å². The molecule has 0 unspecified atom stereocenters. The Hall–Kier alpha value is -8.75. The lowest BCUT2D eigenvalue weighted by atomic mass is 9.99. The second-order valence-corrected chi connectivity index (χ2v) is 15.8. The highest BCUT2D eigenvalue weighted by Crippen LogP contribution is 2.49. The van der Waals surface area contributed by atoms with Crippen LogP contribution in [0.1, 0.15) is 43.0 Å². The molecule has 0 aliphatic heterocycles. The van der Waals surface area contributed by atoms with Gasteiger partial charge in [-0.25, -0.2) is 38.2 Å². The van der Waals surface area contributed by atoms with E-state index in [9.17, 15) is 28.5 Å². The smallest absolute Gasteiger partial charge is 0.338 e. The summed E-state index contributed by atoms with van der Waals surface area (Å²) in [6.45, 7) is 14.8. The van der Waals surface area contributed by atoms with E-state index in [-0.39, 0.29) is 58.7 Å². The molecule has 0 atom stereocenters. The van der Waals surface area contributed by atoms with Gasteiger partial charge in [-0.15, -0.1) is 0 Å². The minimum Gasteiger partial charge on any atom is -0.490 e. The lowest BCUT2D eigenvalue weighted by Gasteiger charge is -2.12. The van der Waals surface area contributed by atoms with Crippen LogP contribution in [-0.2, 0) is 19.3 Å². The number of nitriles is 2. The Labute approximate surface area is 362 Å². The molecule has 0 aromatic heterocycles. The van der Waals surface area contributed by atoms with Crippen LogP contribution >= 0.6 is 0 Å². The van der Waals surface area contributed by atoms with Crippen molar-refractivity contribution in [3.8, 4) is 45.9 Å². The number of esters is 2. The first-order valence-electron chi connectivity index (χ1n) is 19.2. The lowest BCUT2D eigenvalue weighted by Crippen LogP contribution is -2.13. The lowest BCUT2D eigenvalue weighted by molar-refractivity contribution is 0.0443. The van der Waals surface area contributed by atoms with Crippen LogP contribution in [0.2, 0.25) is 0 Å². The van der Waals surface area contributed by atoms with Gasteiger partial charge in [-0.2, -0.15) is 0 Å². The van der Waals surface area contributed by atoms with Crippen LogP contribution in [0, 0.1) is 35.8 Å². The van der Waals surface area contributed by atoms with Gasteiger partial charge in [0.25, 0.3) is 11.4 Å². The molecule has 63 heavy (non-hydrogen) atoms. The van der Waals surface area contributed by atoms with E-state index < -0.39 is 21.8 Å². The van der Waals surface area contributed by atoms with Gasteiger partial charge in [0.05, 0.1) is 46.2 Å². The molecule has 0 saturated carbocycles. The number of nitrogens with zero attached hydrogens (tertiary/aromatic N) is 4. The van der Waals surface area contributed by atoms with Gasteiger partial charge in [-0.1, -0.05) is 72.8 Å². The van der Waals surface area contributed by atoms with Crippen molar-refractivity contribution in [2.24, 2.45) is 0 Å². The van der Waals surface area contributed by atoms with E-state index in [0.29, 0.717) is 56.0 Å². The third kappa shape index (κ3) is 7.65. The van der Waals surface area contributed by atoms with Crippen molar-refractivity contribution < 1.29 is 37.0 Å². The first kappa shape index (κ1) is 41.0. The molecular formula is C50H30N4O8S. The third-order valence-electron chi connectivity index (χ3n) is 10.4. The van der Waals surface area contributed by atoms with Crippen molar-refractivity contribution >= 4 is 32.9 Å². The molecule has 2 aliphatic rings. The number of fused-ring (bicyclic) bond motifs is 6. The fourth-order valence-corrected chi connectivity index (χ4v) is 8.92. The van der Waals surface area contributed by atoms with Crippen LogP contribution in [0.15, 0.2) is 155 Å². The number of carbonyl (C=O) groups excluding carboxylic acids is 2. The molecule has 6 aromatic carbocycles. The summed E-state index contributed by atoms with van der Waals surface area (Å²) in [6, 6.07) is 40.3. The Balaban J connectivity index is 0.836. The highest BCUT2D eigenvalue weighted by molar-refractivity contribution is 7.91. The van der Waals surface area contributed by atoms with Crippen LogP contribution in [0.3, 0.4) is 0 Å². The van der Waals surface area contributed by atoms with E-state index in [0.717, 1.165) is 11.1 Å². The summed E-state index contributed by atoms with van der Waals surface area (Å²) in [7, 11) is -3.91. The number of carbonyl (C=O) groups is 2. The Kier molecular flexibility index (Phi) is 11.4. The first-order valence-corrected chi connectivity index (χ1v) is 20.7. The summed E-state index contributed by atoms with van der Waals surface area (Å²) in [5.41, 5.74) is 6.62. The van der Waals surface area contributed by atoms with Gasteiger partial charge in [0.2, 0.25) is 9.84 Å². The fourth-order valence-electron chi connectivity index (χ4n) is 7.66. The van der Waals surface area contributed by atoms with Crippen molar-refractivity contribution in [2.75, 3.05) is 26.4 Å². The number of hydrogen-bond donors (Lipinski definition) is 0. The number of allylic oxidation sites excluding steroid dienone is 2. The topological polar surface area (TPSA) is 162 Å². The number of sulfone groups is 1. The van der Waals surface area contributed by atoms with Crippen molar-refractivity contribution in [1.29, 1.82) is 10.5 Å². The van der Waals surface area contributed by atoms with Crippen LogP contribution in [0.25, 0.3) is 43.1 Å². The zero-order valence-electron chi connectivity index (χ0n) is 33.0. The molecule has 0 amide bonds. The van der Waals surface area contributed by atoms with Gasteiger partial charge >= 0.3 is 11.9 Å². The predicted octanol–water partition coefficient (Wildman–Crippen LogP) is 9.36. The molecule has 12 nitrogen and oxygen atoms in total. The molecule has 6 aromatic rings. The monoisotopic (exact) mass is 846 g/mol. The summed E-state index contributed by atoms with van der Waals surface area (Å²) < 4.78 is 49.4. The van der Waals surface area contributed by atoms with Crippen LogP contribution in [0.5, 0.6) is 11.5 Å². The quantitative estimate of drug-likeness (QED) is 0.0501. The van der Waals surface area contributed by atoms with Gasteiger partial charge in [0.1, 0.15) is 37.9 Å². The standard InChI is InChI=1S/C50H30N4O8S/c1-53-43(29-51)47-37-11-5-3-9-35(37)45-39(47)13-7-15-41(45)49(55)61-27-25-59-31-17-21-33(22-18-31)63(57,58)34-23-19-32(20-24-34)60-26-28-62-50(56)42-16-8-14-40-46(42)36-10-4-6-12-38(36)48(40)44(30-52)54-2/h3-24H,25-28H2/b47-43-,48-44+. The van der Waals surface area contributed by atoms with Crippen molar-refractivity contribution in [3.05, 3.63) is 201 Å². The molecule has 304 valence electrons. The SMILES string of the molecule is [C-]#[N+]/C(C#N)=C1/c2ccccc2-c2c(C(=O)OCCOc3ccc(S(=O)(=O)c4ccc(OCCOC(=O)c5cccc6c5-c5ccccc5/C6=C(/C#N)[N+]#[C-])cc4)cc3)cccc21. The predicted molar refractivity (Wildman–Crippen MR) is 230 cm³/mol. The summed E-state index contributed by atoms with van der Waals surface area (Å²) in [5, 5.41) is 19.2. The van der Waals surface area contributed by atoms with Crippen molar-refractivity contribution in [1.82, 2.24) is 0 Å². The number of ether oxygens (including phenoxy) is 4. The van der Waals surface area contributed by atoms with Gasteiger partial charge in [0.15, 0.2) is 0 Å². The van der Waals surface area contributed by atoms with Gasteiger partial charge in [-0.05, 0) is 94.0 Å².